The molecule has 0 unspecified atom stereocenters. The predicted octanol–water partition coefficient (Wildman–Crippen LogP) is 1.71. The minimum atomic E-state index is 0.272. The van der Waals surface area contributed by atoms with Gasteiger partial charge in [-0.05, 0) is 13.0 Å². The summed E-state index contributed by atoms with van der Waals surface area (Å²) < 4.78 is 9.45. The van der Waals surface area contributed by atoms with Gasteiger partial charge in [-0.2, -0.15) is 20.0 Å². The molecule has 10 nitrogen and oxygen atoms in total. The Kier molecular flexibility index (Phi) is 4.20. The van der Waals surface area contributed by atoms with Crippen molar-refractivity contribution in [2.45, 2.75) is 18.9 Å². The van der Waals surface area contributed by atoms with Gasteiger partial charge in [-0.3, -0.25) is 9.78 Å². The van der Waals surface area contributed by atoms with Gasteiger partial charge in [0.1, 0.15) is 5.82 Å². The van der Waals surface area contributed by atoms with Crippen molar-refractivity contribution in [2.24, 2.45) is 7.05 Å². The Bertz CT molecular complexity index is 1210. The highest BCUT2D eigenvalue weighted by atomic mass is 16.5. The quantitative estimate of drug-likeness (QED) is 0.538. The van der Waals surface area contributed by atoms with Crippen LogP contribution in [0.5, 0.6) is 0 Å². The molecule has 160 valence electrons. The van der Waals surface area contributed by atoms with Gasteiger partial charge >= 0.3 is 0 Å². The zero-order chi connectivity index (χ0) is 20.9. The molecule has 31 heavy (non-hydrogen) atoms. The number of nitrogens with zero attached hydrogens (tertiary/aromatic N) is 8. The number of aromatic nitrogens is 7. The molecule has 0 spiro atoms. The van der Waals surface area contributed by atoms with Crippen molar-refractivity contribution in [3.63, 3.8) is 0 Å². The number of hydrogen-bond donors (Lipinski definition) is 1. The van der Waals surface area contributed by atoms with Gasteiger partial charge in [0, 0.05) is 56.6 Å². The van der Waals surface area contributed by atoms with Crippen LogP contribution in [0.3, 0.4) is 0 Å². The van der Waals surface area contributed by atoms with E-state index in [4.69, 9.17) is 9.72 Å². The third-order valence-corrected chi connectivity index (χ3v) is 6.38. The number of rotatable bonds is 4. The first-order valence-corrected chi connectivity index (χ1v) is 10.6. The molecule has 1 atom stereocenters. The molecule has 2 fully saturated rings. The molecule has 0 bridgehead atoms. The highest BCUT2D eigenvalue weighted by Crippen LogP contribution is 2.38. The molecule has 2 aliphatic heterocycles. The van der Waals surface area contributed by atoms with Crippen LogP contribution in [0, 0.1) is 0 Å². The summed E-state index contributed by atoms with van der Waals surface area (Å²) in [4.78, 5) is 9.77. The van der Waals surface area contributed by atoms with Crippen LogP contribution in [0.15, 0.2) is 36.8 Å². The number of pyridine rings is 1. The van der Waals surface area contributed by atoms with Crippen LogP contribution in [0.2, 0.25) is 0 Å². The van der Waals surface area contributed by atoms with E-state index in [1.807, 2.05) is 34.9 Å². The van der Waals surface area contributed by atoms with E-state index in [0.29, 0.717) is 19.1 Å². The van der Waals surface area contributed by atoms with E-state index in [1.54, 1.807) is 6.20 Å². The number of ether oxygens (including phenoxy) is 1. The number of fused-ring (bicyclic) bond motifs is 1. The molecule has 4 aromatic heterocycles. The molecule has 10 heteroatoms. The summed E-state index contributed by atoms with van der Waals surface area (Å²) in [5.74, 6) is 2.24. The maximum atomic E-state index is 5.65. The number of aryl methyl sites for hydroxylation is 1. The third kappa shape index (κ3) is 2.97. The molecular weight excluding hydrogens is 394 g/mol. The van der Waals surface area contributed by atoms with Crippen LogP contribution in [0.25, 0.3) is 16.9 Å². The Balaban J connectivity index is 1.42. The Morgan fingerprint density at radius 2 is 2.06 bits per heavy atom. The summed E-state index contributed by atoms with van der Waals surface area (Å²) >= 11 is 0. The van der Waals surface area contributed by atoms with Crippen molar-refractivity contribution in [1.29, 1.82) is 0 Å². The molecule has 6 heterocycles. The van der Waals surface area contributed by atoms with Gasteiger partial charge in [-0.25, -0.2) is 4.98 Å². The summed E-state index contributed by atoms with van der Waals surface area (Å²) in [6, 6.07) is 6.50. The topological polar surface area (TPSA) is 92.9 Å². The average molecular weight is 419 g/mol. The Morgan fingerprint density at radius 3 is 2.81 bits per heavy atom. The first-order valence-electron chi connectivity index (χ1n) is 10.6. The molecule has 0 saturated carbocycles. The lowest BCUT2D eigenvalue weighted by atomic mass is 9.95. The van der Waals surface area contributed by atoms with E-state index in [9.17, 15) is 0 Å². The molecule has 0 amide bonds. The van der Waals surface area contributed by atoms with Crippen LogP contribution < -0.4 is 9.80 Å². The second-order valence-electron chi connectivity index (χ2n) is 8.33. The molecule has 0 radical (unpaired) electrons. The molecule has 6 rings (SSSR count). The summed E-state index contributed by atoms with van der Waals surface area (Å²) in [5.41, 5.74) is 3.28. The van der Waals surface area contributed by atoms with Crippen LogP contribution in [-0.4, -0.2) is 73.6 Å². The lowest BCUT2D eigenvalue weighted by Gasteiger charge is -2.42. The summed E-state index contributed by atoms with van der Waals surface area (Å²) in [6.45, 7) is 6.33. The summed E-state index contributed by atoms with van der Waals surface area (Å²) in [6.07, 6.45) is 5.50. The number of nitrogens with one attached hydrogen (secondary N) is 1. The van der Waals surface area contributed by atoms with E-state index < -0.39 is 0 Å². The Hall–Kier alpha value is -3.40. The smallest absolute Gasteiger partial charge is 0.169 e. The van der Waals surface area contributed by atoms with Crippen molar-refractivity contribution in [3.8, 4) is 5.82 Å². The third-order valence-electron chi connectivity index (χ3n) is 6.38. The summed E-state index contributed by atoms with van der Waals surface area (Å²) in [7, 11) is 2.01. The summed E-state index contributed by atoms with van der Waals surface area (Å²) in [5, 5.41) is 17.1. The Labute approximate surface area is 179 Å². The van der Waals surface area contributed by atoms with Gasteiger partial charge < -0.3 is 14.5 Å². The Morgan fingerprint density at radius 1 is 1.16 bits per heavy atom. The first kappa shape index (κ1) is 18.4. The number of H-pyrrole nitrogens is 1. The molecule has 2 aliphatic rings. The number of anilines is 2. The van der Waals surface area contributed by atoms with Crippen LogP contribution in [0.4, 0.5) is 11.5 Å². The van der Waals surface area contributed by atoms with Crippen molar-refractivity contribution >= 4 is 22.5 Å². The lowest BCUT2D eigenvalue weighted by Crippen LogP contribution is -2.46. The van der Waals surface area contributed by atoms with E-state index in [2.05, 4.69) is 49.3 Å². The predicted molar refractivity (Wildman–Crippen MR) is 117 cm³/mol. The standard InChI is InChI=1S/C21H25N9O/c1-14-13-31-8-7-29(14)20-9-18(28-11-15(12-28)17-3-6-23-27(17)2)16-10-24-30(21(16)25-20)19-4-5-22-26-19/h3-6,9-10,14-15H,7-8,11-13H2,1-2H3,(H,22,26)/t14-/m1/s1. The van der Waals surface area contributed by atoms with Crippen molar-refractivity contribution in [2.75, 3.05) is 42.6 Å². The first-order chi connectivity index (χ1) is 15.2. The fourth-order valence-electron chi connectivity index (χ4n) is 4.64. The van der Waals surface area contributed by atoms with Crippen LogP contribution in [-0.2, 0) is 11.8 Å². The van der Waals surface area contributed by atoms with Gasteiger partial charge in [0.15, 0.2) is 11.5 Å². The van der Waals surface area contributed by atoms with Gasteiger partial charge in [-0.15, -0.1) is 0 Å². The second kappa shape index (κ2) is 7.09. The fourth-order valence-corrected chi connectivity index (χ4v) is 4.64. The number of aromatic amines is 1. The minimum Gasteiger partial charge on any atom is -0.377 e. The number of hydrogen-bond acceptors (Lipinski definition) is 7. The zero-order valence-corrected chi connectivity index (χ0v) is 17.6. The van der Waals surface area contributed by atoms with E-state index >= 15 is 0 Å². The molecule has 0 aliphatic carbocycles. The van der Waals surface area contributed by atoms with Gasteiger partial charge in [0.05, 0.1) is 42.7 Å². The van der Waals surface area contributed by atoms with Gasteiger partial charge in [0.25, 0.3) is 0 Å². The van der Waals surface area contributed by atoms with Crippen molar-refractivity contribution < 1.29 is 4.74 Å². The van der Waals surface area contributed by atoms with Crippen molar-refractivity contribution in [3.05, 3.63) is 42.5 Å². The maximum absolute atomic E-state index is 5.65. The van der Waals surface area contributed by atoms with Gasteiger partial charge in [-0.1, -0.05) is 0 Å². The van der Waals surface area contributed by atoms with Crippen molar-refractivity contribution in [1.82, 2.24) is 34.7 Å². The highest BCUT2D eigenvalue weighted by Gasteiger charge is 2.33. The SMILES string of the molecule is C[C@@H]1COCCN1c1cc(N2CC(c3ccnn3C)C2)c2cnn(-c3ccn[nH]3)c2n1. The molecule has 0 aromatic carbocycles. The lowest BCUT2D eigenvalue weighted by molar-refractivity contribution is 0.0985. The molecule has 2 saturated heterocycles. The molecular formula is C21H25N9O. The molecule has 4 aromatic rings. The second-order valence-corrected chi connectivity index (χ2v) is 8.33. The largest absolute Gasteiger partial charge is 0.377 e. The monoisotopic (exact) mass is 419 g/mol. The highest BCUT2D eigenvalue weighted by molar-refractivity contribution is 5.92. The fraction of sp³-hybridized carbons (Fsp3) is 0.429. The normalized spacial score (nSPS) is 19.9. The number of morpholine rings is 1. The molecule has 1 N–H and O–H groups in total. The van der Waals surface area contributed by atoms with Crippen LogP contribution in [0.1, 0.15) is 18.5 Å². The van der Waals surface area contributed by atoms with Crippen LogP contribution >= 0.6 is 0 Å². The van der Waals surface area contributed by atoms with E-state index in [-0.39, 0.29) is 6.04 Å². The maximum Gasteiger partial charge on any atom is 0.169 e. The van der Waals surface area contributed by atoms with Gasteiger partial charge in [0.2, 0.25) is 0 Å². The van der Waals surface area contributed by atoms with E-state index in [1.165, 1.54) is 11.4 Å². The average Bonchev–Trinajstić information content (AvgIpc) is 3.48. The van der Waals surface area contributed by atoms with E-state index in [0.717, 1.165) is 42.3 Å². The zero-order valence-electron chi connectivity index (χ0n) is 17.6. The minimum absolute atomic E-state index is 0.272.